The summed E-state index contributed by atoms with van der Waals surface area (Å²) in [5.74, 6) is -3.49. The maximum Gasteiger partial charge on any atom is 1.00 e. The summed E-state index contributed by atoms with van der Waals surface area (Å²) in [6, 6.07) is 32.2. The molecule has 2 N–H and O–H groups in total. The first-order chi connectivity index (χ1) is 29.8. The van der Waals surface area contributed by atoms with Gasteiger partial charge >= 0.3 is 94.6 Å². The average Bonchev–Trinajstić information content (AvgIpc) is 3.81. The summed E-state index contributed by atoms with van der Waals surface area (Å²) in [6.07, 6.45) is 2.34. The van der Waals surface area contributed by atoms with Gasteiger partial charge in [0.25, 0.3) is 0 Å². The number of H-pyrrole nitrogens is 1. The maximum absolute atomic E-state index is 12.8. The summed E-state index contributed by atoms with van der Waals surface area (Å²) in [4.78, 5) is 60.9. The van der Waals surface area contributed by atoms with Gasteiger partial charge in [0, 0.05) is 37.0 Å². The molecule has 14 nitrogen and oxygen atoms in total. The molecule has 0 aliphatic heterocycles. The van der Waals surface area contributed by atoms with Crippen molar-refractivity contribution in [1.82, 2.24) is 30.8 Å². The number of benzene rings is 4. The van der Waals surface area contributed by atoms with E-state index in [0.717, 1.165) is 51.8 Å². The number of amides is 2. The molecule has 0 bridgehead atoms. The van der Waals surface area contributed by atoms with Crippen molar-refractivity contribution in [2.24, 2.45) is 11.8 Å². The van der Waals surface area contributed by atoms with Crippen molar-refractivity contribution in [3.8, 4) is 33.6 Å². The fraction of sp³-hybridized carbons (Fsp3) is 0.375. The van der Waals surface area contributed by atoms with Crippen LogP contribution in [0.4, 0.5) is 0 Å². The minimum atomic E-state index is -1.27. The van der Waals surface area contributed by atoms with Gasteiger partial charge in [-0.15, -0.1) is 10.2 Å². The zero-order valence-corrected chi connectivity index (χ0v) is 45.0. The number of ether oxygens (including phenoxy) is 1. The standard InChI is InChI=1S/C24H29N5O3.C24H29NO5.3Na/c1-4-5-10-21(30)29(22(16(2)3)24(31)32)15-17-11-13-18(14-12-17)19-8-6-7-9-20(19)23-25-27-28-26-23;1-3-30-24(29)17(2)15-21(25-22(26)13-14-23(27)28)16-18-9-11-20(12-10-18)19-7-5-4-6-8-19;;;/h6-9,11-14,16,22H,4-5,10,15H2,1-3H3,(H,31,32)(H,25,26,27,28);4-12,17,21H,3,13-16H2,1-2H3,(H,25,26)(H,27,28);;;/q;;3*+1/p-2. The van der Waals surface area contributed by atoms with E-state index in [1.54, 1.807) is 27.7 Å². The summed E-state index contributed by atoms with van der Waals surface area (Å²) in [6.45, 7) is 9.60. The molecule has 1 aromatic heterocycles. The van der Waals surface area contributed by atoms with E-state index in [9.17, 15) is 34.2 Å². The zero-order chi connectivity index (χ0) is 45.0. The Bertz CT molecular complexity index is 2200. The van der Waals surface area contributed by atoms with Crippen molar-refractivity contribution >= 4 is 29.7 Å². The molecule has 1 heterocycles. The van der Waals surface area contributed by atoms with Gasteiger partial charge in [0.05, 0.1) is 24.5 Å². The Kier molecular flexibility index (Phi) is 28.6. The maximum atomic E-state index is 12.8. The molecule has 5 rings (SSSR count). The van der Waals surface area contributed by atoms with Gasteiger partial charge < -0.3 is 34.8 Å². The molecule has 4 aromatic carbocycles. The van der Waals surface area contributed by atoms with E-state index in [2.05, 4.69) is 25.9 Å². The van der Waals surface area contributed by atoms with Gasteiger partial charge in [-0.05, 0) is 77.1 Å². The molecule has 0 aliphatic rings. The first kappa shape index (κ1) is 59.3. The molecule has 0 radical (unpaired) electrons. The van der Waals surface area contributed by atoms with Crippen LogP contribution in [0.2, 0.25) is 0 Å². The second-order valence-electron chi connectivity index (χ2n) is 15.4. The largest absolute Gasteiger partial charge is 1.00 e. The summed E-state index contributed by atoms with van der Waals surface area (Å²) < 4.78 is 5.07. The van der Waals surface area contributed by atoms with E-state index in [1.165, 1.54) is 4.90 Å². The average molecular weight is 914 g/mol. The molecule has 5 aromatic rings. The number of aromatic amines is 1. The molecule has 3 atom stereocenters. The number of aliphatic carboxylic acids is 2. The number of carbonyl (C=O) groups is 5. The number of carbonyl (C=O) groups excluding carboxylic acids is 5. The van der Waals surface area contributed by atoms with Gasteiger partial charge in [0.2, 0.25) is 17.6 Å². The monoisotopic (exact) mass is 913 g/mol. The number of tetrazole rings is 1. The van der Waals surface area contributed by atoms with Crippen molar-refractivity contribution in [3.05, 3.63) is 114 Å². The van der Waals surface area contributed by atoms with Crippen molar-refractivity contribution in [2.45, 2.75) is 98.2 Å². The third kappa shape index (κ3) is 19.6. The summed E-state index contributed by atoms with van der Waals surface area (Å²) in [7, 11) is 0. The topological polar surface area (TPSA) is 210 Å². The number of aromatic nitrogens is 4. The third-order valence-electron chi connectivity index (χ3n) is 10.2. The molecule has 3 unspecified atom stereocenters. The molecule has 0 fully saturated rings. The van der Waals surface area contributed by atoms with Crippen LogP contribution in [0.3, 0.4) is 0 Å². The third-order valence-corrected chi connectivity index (χ3v) is 10.2. The van der Waals surface area contributed by atoms with Crippen molar-refractivity contribution in [1.29, 1.82) is 0 Å². The minimum Gasteiger partial charge on any atom is -0.550 e. The molecular formula is C48H56N6Na3O8+. The first-order valence-electron chi connectivity index (χ1n) is 21.0. The van der Waals surface area contributed by atoms with Crippen LogP contribution in [0.25, 0.3) is 33.6 Å². The van der Waals surface area contributed by atoms with Gasteiger partial charge in [-0.1, -0.05) is 137 Å². The Morgan fingerprint density at radius 2 is 1.31 bits per heavy atom. The van der Waals surface area contributed by atoms with Crippen LogP contribution < -0.4 is 104 Å². The normalized spacial score (nSPS) is 11.7. The number of nitrogens with zero attached hydrogens (tertiary/aromatic N) is 4. The van der Waals surface area contributed by atoms with E-state index in [0.29, 0.717) is 31.7 Å². The summed E-state index contributed by atoms with van der Waals surface area (Å²) >= 11 is 0. The Morgan fingerprint density at radius 3 is 1.86 bits per heavy atom. The molecule has 0 saturated heterocycles. The van der Waals surface area contributed by atoms with E-state index in [1.807, 2.05) is 110 Å². The quantitative estimate of drug-likeness (QED) is 0.0542. The molecule has 0 spiro atoms. The second-order valence-corrected chi connectivity index (χ2v) is 15.4. The Balaban J connectivity index is 0.000000623. The number of rotatable bonds is 21. The number of carboxylic acid groups (broad SMARTS) is 2. The molecule has 2 amide bonds. The van der Waals surface area contributed by atoms with Crippen molar-refractivity contribution < 1.29 is 128 Å². The number of hydrogen-bond acceptors (Lipinski definition) is 11. The molecule has 0 aliphatic carbocycles. The van der Waals surface area contributed by atoms with Gasteiger partial charge in [-0.25, -0.2) is 0 Å². The zero-order valence-electron chi connectivity index (χ0n) is 39.0. The van der Waals surface area contributed by atoms with Crippen LogP contribution >= 0.6 is 0 Å². The number of nitrogens with one attached hydrogen (secondary N) is 2. The Hall–Kier alpha value is -3.70. The molecule has 65 heavy (non-hydrogen) atoms. The minimum absolute atomic E-state index is 0. The number of unbranched alkanes of at least 4 members (excludes halogenated alkanes) is 1. The molecule has 17 heteroatoms. The predicted octanol–water partition coefficient (Wildman–Crippen LogP) is -3.66. The van der Waals surface area contributed by atoms with Crippen LogP contribution in [0.15, 0.2) is 103 Å². The summed E-state index contributed by atoms with van der Waals surface area (Å²) in [5, 5.41) is 39.5. The van der Waals surface area contributed by atoms with E-state index >= 15 is 0 Å². The van der Waals surface area contributed by atoms with E-state index in [-0.39, 0.29) is 144 Å². The molecular weight excluding hydrogens is 858 g/mol. The summed E-state index contributed by atoms with van der Waals surface area (Å²) in [5.41, 5.74) is 6.83. The van der Waals surface area contributed by atoms with E-state index < -0.39 is 18.0 Å². The smallest absolute Gasteiger partial charge is 0.550 e. The van der Waals surface area contributed by atoms with Crippen LogP contribution in [0, 0.1) is 11.8 Å². The predicted molar refractivity (Wildman–Crippen MR) is 231 cm³/mol. The second kappa shape index (κ2) is 31.3. The SMILES string of the molecule is CCCCC(=O)N(Cc1ccc(-c2ccccc2-c2nn[nH]n2)cc1)C(C(=O)[O-])C(C)C.CCOC(=O)C(C)CC(Cc1ccc(-c2ccccc2)cc1)NC(=O)CCC(=O)[O-].[Na+].[Na+].[Na+]. The fourth-order valence-corrected chi connectivity index (χ4v) is 7.03. The van der Waals surface area contributed by atoms with Crippen LogP contribution in [-0.2, 0) is 41.7 Å². The van der Waals surface area contributed by atoms with Crippen molar-refractivity contribution in [3.63, 3.8) is 0 Å². The number of carboxylic acids is 2. The fourth-order valence-electron chi connectivity index (χ4n) is 7.03. The van der Waals surface area contributed by atoms with Gasteiger partial charge in [-0.2, -0.15) is 5.21 Å². The van der Waals surface area contributed by atoms with Gasteiger partial charge in [0.15, 0.2) is 0 Å². The molecule has 0 saturated carbocycles. The van der Waals surface area contributed by atoms with E-state index in [4.69, 9.17) is 4.74 Å². The van der Waals surface area contributed by atoms with Gasteiger partial charge in [0.1, 0.15) is 0 Å². The number of esters is 1. The van der Waals surface area contributed by atoms with Crippen LogP contribution in [0.5, 0.6) is 0 Å². The van der Waals surface area contributed by atoms with Crippen LogP contribution in [0.1, 0.15) is 84.3 Å². The van der Waals surface area contributed by atoms with Crippen molar-refractivity contribution in [2.75, 3.05) is 6.61 Å². The Labute approximate surface area is 448 Å². The van der Waals surface area contributed by atoms with Gasteiger partial charge in [-0.3, -0.25) is 14.4 Å². The van der Waals surface area contributed by atoms with Crippen LogP contribution in [-0.4, -0.2) is 73.9 Å². The Morgan fingerprint density at radius 1 is 0.723 bits per heavy atom. The first-order valence-corrected chi connectivity index (χ1v) is 21.0. The number of hydrogen-bond donors (Lipinski definition) is 2. The molecule has 328 valence electrons.